The molecule has 3 rings (SSSR count). The summed E-state index contributed by atoms with van der Waals surface area (Å²) < 4.78 is 6.63. The van der Waals surface area contributed by atoms with Crippen molar-refractivity contribution in [2.75, 3.05) is 0 Å². The fourth-order valence-electron chi connectivity index (χ4n) is 2.45. The van der Waals surface area contributed by atoms with Gasteiger partial charge >= 0.3 is 5.69 Å². The lowest BCUT2D eigenvalue weighted by atomic mass is 10.1. The first-order valence-electron chi connectivity index (χ1n) is 8.12. The SMILES string of the molecule is CC(C)c1cc(Oc2c(Cl)cc(-c3nn(C)c(=O)[nH]c3=O)cc2Cl)n[nH]c1=O. The molecule has 0 atom stereocenters. The van der Waals surface area contributed by atoms with Crippen LogP contribution in [0.25, 0.3) is 11.3 Å². The van der Waals surface area contributed by atoms with Crippen molar-refractivity contribution in [3.8, 4) is 22.9 Å². The highest BCUT2D eigenvalue weighted by Crippen LogP contribution is 2.38. The normalized spacial score (nSPS) is 11.1. The fourth-order valence-corrected chi connectivity index (χ4v) is 3.01. The summed E-state index contributed by atoms with van der Waals surface area (Å²) in [4.78, 5) is 37.4. The van der Waals surface area contributed by atoms with Crippen molar-refractivity contribution in [2.45, 2.75) is 19.8 Å². The molecule has 11 heteroatoms. The third-order valence-corrected chi connectivity index (χ3v) is 4.45. The first kappa shape index (κ1) is 19.8. The van der Waals surface area contributed by atoms with Gasteiger partial charge in [0.25, 0.3) is 11.1 Å². The van der Waals surface area contributed by atoms with Gasteiger partial charge in [-0.2, -0.15) is 5.10 Å². The maximum Gasteiger partial charge on any atom is 0.344 e. The second kappa shape index (κ2) is 7.61. The molecule has 3 aromatic rings. The van der Waals surface area contributed by atoms with Crippen LogP contribution in [0.3, 0.4) is 0 Å². The predicted octanol–water partition coefficient (Wildman–Crippen LogP) is 2.44. The highest BCUT2D eigenvalue weighted by Gasteiger charge is 2.17. The Labute approximate surface area is 167 Å². The second-order valence-electron chi connectivity index (χ2n) is 6.25. The molecule has 0 unspecified atom stereocenters. The Morgan fingerprint density at radius 1 is 1.07 bits per heavy atom. The molecule has 1 aromatic carbocycles. The minimum absolute atomic E-state index is 0.0262. The Bertz CT molecular complexity index is 1210. The Morgan fingerprint density at radius 2 is 1.71 bits per heavy atom. The van der Waals surface area contributed by atoms with Crippen LogP contribution < -0.4 is 21.5 Å². The zero-order valence-electron chi connectivity index (χ0n) is 15.0. The van der Waals surface area contributed by atoms with E-state index < -0.39 is 11.2 Å². The van der Waals surface area contributed by atoms with E-state index in [0.29, 0.717) is 11.1 Å². The third-order valence-electron chi connectivity index (χ3n) is 3.89. The molecule has 0 radical (unpaired) electrons. The molecule has 2 N–H and O–H groups in total. The second-order valence-corrected chi connectivity index (χ2v) is 7.06. The Kier molecular flexibility index (Phi) is 5.39. The number of aryl methyl sites for hydroxylation is 1. The molecular formula is C17H15Cl2N5O4. The first-order chi connectivity index (χ1) is 13.2. The number of ether oxygens (including phenoxy) is 1. The molecule has 0 saturated heterocycles. The van der Waals surface area contributed by atoms with E-state index in [9.17, 15) is 14.4 Å². The van der Waals surface area contributed by atoms with Crippen LogP contribution in [0.2, 0.25) is 10.0 Å². The van der Waals surface area contributed by atoms with E-state index in [2.05, 4.69) is 20.3 Å². The van der Waals surface area contributed by atoms with E-state index in [4.69, 9.17) is 27.9 Å². The standard InChI is InChI=1S/C17H15Cl2N5O4/c1-7(2)9-6-12(21-22-15(9)25)28-14-10(18)4-8(5-11(14)19)13-16(26)20-17(27)24(3)23-13/h4-7H,1-3H3,(H,22,25)(H,20,26,27). The zero-order chi connectivity index (χ0) is 20.6. The number of rotatable bonds is 4. The van der Waals surface area contributed by atoms with Crippen LogP contribution in [0, 0.1) is 0 Å². The summed E-state index contributed by atoms with van der Waals surface area (Å²) in [7, 11) is 1.40. The van der Waals surface area contributed by atoms with Gasteiger partial charge in [-0.15, -0.1) is 5.10 Å². The number of benzene rings is 1. The third kappa shape index (κ3) is 3.85. The Balaban J connectivity index is 2.03. The molecule has 0 aliphatic carbocycles. The fraction of sp³-hybridized carbons (Fsp3) is 0.235. The summed E-state index contributed by atoms with van der Waals surface area (Å²) in [5, 5.41) is 10.3. The van der Waals surface area contributed by atoms with Gasteiger partial charge in [0.05, 0.1) is 10.0 Å². The van der Waals surface area contributed by atoms with Crippen LogP contribution >= 0.6 is 23.2 Å². The van der Waals surface area contributed by atoms with Crippen LogP contribution in [-0.2, 0) is 7.05 Å². The number of nitrogens with zero attached hydrogens (tertiary/aromatic N) is 3. The van der Waals surface area contributed by atoms with Crippen LogP contribution in [0.15, 0.2) is 32.6 Å². The van der Waals surface area contributed by atoms with Gasteiger partial charge in [-0.05, 0) is 18.1 Å². The number of aromatic amines is 2. The van der Waals surface area contributed by atoms with Gasteiger partial charge in [-0.3, -0.25) is 14.6 Å². The molecule has 28 heavy (non-hydrogen) atoms. The molecule has 0 aliphatic rings. The smallest absolute Gasteiger partial charge is 0.344 e. The van der Waals surface area contributed by atoms with Gasteiger partial charge in [-0.1, -0.05) is 37.0 Å². The quantitative estimate of drug-likeness (QED) is 0.663. The van der Waals surface area contributed by atoms with Crippen molar-refractivity contribution >= 4 is 23.2 Å². The average Bonchev–Trinajstić information content (AvgIpc) is 2.62. The van der Waals surface area contributed by atoms with Crippen molar-refractivity contribution in [1.29, 1.82) is 0 Å². The van der Waals surface area contributed by atoms with Crippen LogP contribution in [0.4, 0.5) is 0 Å². The number of H-pyrrole nitrogens is 2. The van der Waals surface area contributed by atoms with E-state index in [1.807, 2.05) is 13.8 Å². The summed E-state index contributed by atoms with van der Waals surface area (Å²) in [5.41, 5.74) is -0.855. The van der Waals surface area contributed by atoms with Crippen molar-refractivity contribution in [1.82, 2.24) is 25.0 Å². The minimum Gasteiger partial charge on any atom is -0.434 e. The van der Waals surface area contributed by atoms with Crippen molar-refractivity contribution in [3.05, 3.63) is 65.0 Å². The Morgan fingerprint density at radius 3 is 2.32 bits per heavy atom. The van der Waals surface area contributed by atoms with E-state index in [1.165, 1.54) is 25.2 Å². The van der Waals surface area contributed by atoms with Gasteiger partial charge in [0.2, 0.25) is 5.88 Å². The minimum atomic E-state index is -0.673. The highest BCUT2D eigenvalue weighted by atomic mass is 35.5. The lowest BCUT2D eigenvalue weighted by molar-refractivity contribution is 0.452. The molecule has 2 aromatic heterocycles. The number of nitrogens with one attached hydrogen (secondary N) is 2. The summed E-state index contributed by atoms with van der Waals surface area (Å²) in [6, 6.07) is 4.36. The van der Waals surface area contributed by atoms with Crippen molar-refractivity contribution in [3.63, 3.8) is 0 Å². The van der Waals surface area contributed by atoms with E-state index in [-0.39, 0.29) is 38.8 Å². The van der Waals surface area contributed by atoms with Gasteiger partial charge in [0, 0.05) is 24.2 Å². The lowest BCUT2D eigenvalue weighted by Crippen LogP contribution is -2.31. The average molecular weight is 424 g/mol. The molecule has 0 bridgehead atoms. The molecular weight excluding hydrogens is 409 g/mol. The van der Waals surface area contributed by atoms with Gasteiger partial charge < -0.3 is 4.74 Å². The summed E-state index contributed by atoms with van der Waals surface area (Å²) >= 11 is 12.5. The van der Waals surface area contributed by atoms with Crippen LogP contribution in [0.5, 0.6) is 11.6 Å². The van der Waals surface area contributed by atoms with E-state index >= 15 is 0 Å². The highest BCUT2D eigenvalue weighted by molar-refractivity contribution is 6.37. The summed E-state index contributed by atoms with van der Waals surface area (Å²) in [6.07, 6.45) is 0. The number of halogens is 2. The maximum atomic E-state index is 12.0. The first-order valence-corrected chi connectivity index (χ1v) is 8.87. The monoisotopic (exact) mass is 423 g/mol. The lowest BCUT2D eigenvalue weighted by Gasteiger charge is -2.12. The van der Waals surface area contributed by atoms with Crippen molar-refractivity contribution < 1.29 is 4.74 Å². The number of hydrogen-bond acceptors (Lipinski definition) is 6. The molecule has 2 heterocycles. The largest absolute Gasteiger partial charge is 0.434 e. The molecule has 0 fully saturated rings. The number of hydrogen-bond donors (Lipinski definition) is 2. The number of aromatic nitrogens is 5. The maximum absolute atomic E-state index is 12.0. The van der Waals surface area contributed by atoms with Crippen LogP contribution in [-0.4, -0.2) is 25.0 Å². The van der Waals surface area contributed by atoms with Gasteiger partial charge in [0.15, 0.2) is 11.4 Å². The van der Waals surface area contributed by atoms with E-state index in [1.54, 1.807) is 0 Å². The zero-order valence-corrected chi connectivity index (χ0v) is 16.6. The van der Waals surface area contributed by atoms with Crippen molar-refractivity contribution in [2.24, 2.45) is 7.05 Å². The topological polar surface area (TPSA) is 123 Å². The van der Waals surface area contributed by atoms with Gasteiger partial charge in [0.1, 0.15) is 0 Å². The molecule has 146 valence electrons. The molecule has 0 amide bonds. The molecule has 0 aliphatic heterocycles. The predicted molar refractivity (Wildman–Crippen MR) is 105 cm³/mol. The summed E-state index contributed by atoms with van der Waals surface area (Å²) in [6.45, 7) is 3.72. The van der Waals surface area contributed by atoms with Crippen LogP contribution in [0.1, 0.15) is 25.3 Å². The molecule has 0 saturated carbocycles. The van der Waals surface area contributed by atoms with E-state index in [0.717, 1.165) is 4.68 Å². The Hall–Kier alpha value is -2.91. The molecule has 9 nitrogen and oxygen atoms in total. The van der Waals surface area contributed by atoms with Gasteiger partial charge in [-0.25, -0.2) is 14.6 Å². The summed E-state index contributed by atoms with van der Waals surface area (Å²) in [5.74, 6) is 0.172. The molecule has 0 spiro atoms.